The van der Waals surface area contributed by atoms with Gasteiger partial charge >= 0.3 is 0 Å². The molecule has 0 bridgehead atoms. The fraction of sp³-hybridized carbons (Fsp3) is 0.533. The number of benzene rings is 1. The second-order valence-electron chi connectivity index (χ2n) is 5.91. The Kier molecular flexibility index (Phi) is 4.69. The number of rotatable bonds is 6. The van der Waals surface area contributed by atoms with Crippen LogP contribution in [-0.4, -0.2) is 48.3 Å². The van der Waals surface area contributed by atoms with E-state index in [0.717, 1.165) is 13.0 Å². The van der Waals surface area contributed by atoms with Gasteiger partial charge < -0.3 is 21.3 Å². The molecular weight excluding hydrogens is 270 g/mol. The summed E-state index contributed by atoms with van der Waals surface area (Å²) in [6.45, 7) is 3.81. The molecule has 21 heavy (non-hydrogen) atoms. The lowest BCUT2D eigenvalue weighted by Crippen LogP contribution is -2.39. The first kappa shape index (κ1) is 15.6. The van der Waals surface area contributed by atoms with Crippen molar-refractivity contribution in [2.24, 2.45) is 11.1 Å². The van der Waals surface area contributed by atoms with Gasteiger partial charge in [0.2, 0.25) is 5.91 Å². The number of aliphatic hydroxyl groups excluding tert-OH is 1. The Morgan fingerprint density at radius 1 is 1.52 bits per heavy atom. The molecule has 0 radical (unpaired) electrons. The van der Waals surface area contributed by atoms with E-state index in [4.69, 9.17) is 16.2 Å². The van der Waals surface area contributed by atoms with Crippen molar-refractivity contribution in [1.82, 2.24) is 4.90 Å². The molecule has 2 unspecified atom stereocenters. The van der Waals surface area contributed by atoms with E-state index in [1.807, 2.05) is 24.0 Å². The minimum absolute atomic E-state index is 0.165. The number of para-hydroxylation sites is 2. The van der Waals surface area contributed by atoms with E-state index in [9.17, 15) is 9.90 Å². The summed E-state index contributed by atoms with van der Waals surface area (Å²) in [6, 6.07) is 7.17. The van der Waals surface area contributed by atoms with Crippen molar-refractivity contribution in [3.63, 3.8) is 0 Å². The molecule has 6 nitrogen and oxygen atoms in total. The smallest absolute Gasteiger partial charge is 0.224 e. The number of aliphatic hydroxyl groups is 1. The Morgan fingerprint density at radius 2 is 2.24 bits per heavy atom. The molecule has 0 saturated carbocycles. The average Bonchev–Trinajstić information content (AvgIpc) is 2.81. The van der Waals surface area contributed by atoms with Gasteiger partial charge in [-0.3, -0.25) is 9.69 Å². The summed E-state index contributed by atoms with van der Waals surface area (Å²) in [5, 5.41) is 10.0. The van der Waals surface area contributed by atoms with Crippen molar-refractivity contribution in [2.75, 3.05) is 32.0 Å². The molecule has 0 aromatic heterocycles. The number of hydrogen-bond donors (Lipinski definition) is 3. The molecule has 2 atom stereocenters. The van der Waals surface area contributed by atoms with Crippen LogP contribution >= 0.6 is 0 Å². The third-order valence-corrected chi connectivity index (χ3v) is 3.97. The number of carbonyl (C=O) groups is 1. The van der Waals surface area contributed by atoms with Crippen LogP contribution in [0, 0.1) is 5.41 Å². The summed E-state index contributed by atoms with van der Waals surface area (Å²) in [6.07, 6.45) is 0.0847. The summed E-state index contributed by atoms with van der Waals surface area (Å²) in [5.41, 5.74) is 11.2. The number of nitrogens with two attached hydrogens (primary N) is 2. The van der Waals surface area contributed by atoms with E-state index in [-0.39, 0.29) is 12.5 Å². The molecular formula is C15H23N3O3. The summed E-state index contributed by atoms with van der Waals surface area (Å²) in [4.78, 5) is 13.4. The van der Waals surface area contributed by atoms with E-state index in [2.05, 4.69) is 0 Å². The Balaban J connectivity index is 1.79. The maximum atomic E-state index is 11.4. The SMILES string of the molecule is CC1(C(N)=O)CCN(CC(O)COc2ccccc2N)C1. The zero-order valence-electron chi connectivity index (χ0n) is 12.3. The number of amides is 1. The third kappa shape index (κ3) is 3.86. The quantitative estimate of drug-likeness (QED) is 0.651. The first-order valence-electron chi connectivity index (χ1n) is 7.08. The maximum Gasteiger partial charge on any atom is 0.224 e. The molecule has 1 aromatic rings. The Bertz CT molecular complexity index is 509. The number of β-amino-alcohol motifs (C(OH)–C–C–N with tert-alkyl or cyclic N) is 1. The van der Waals surface area contributed by atoms with Crippen LogP contribution in [0.5, 0.6) is 5.75 Å². The number of anilines is 1. The van der Waals surface area contributed by atoms with Crippen LogP contribution < -0.4 is 16.2 Å². The van der Waals surface area contributed by atoms with E-state index >= 15 is 0 Å². The van der Waals surface area contributed by atoms with E-state index < -0.39 is 11.5 Å². The molecule has 1 heterocycles. The van der Waals surface area contributed by atoms with Gasteiger partial charge in [-0.25, -0.2) is 0 Å². The fourth-order valence-corrected chi connectivity index (χ4v) is 2.56. The monoisotopic (exact) mass is 293 g/mol. The predicted molar refractivity (Wildman–Crippen MR) is 80.7 cm³/mol. The number of hydrogen-bond acceptors (Lipinski definition) is 5. The van der Waals surface area contributed by atoms with Crippen LogP contribution in [0.2, 0.25) is 0 Å². The molecule has 116 valence electrons. The van der Waals surface area contributed by atoms with Crippen molar-refractivity contribution in [3.8, 4) is 5.75 Å². The standard InChI is InChI=1S/C15H23N3O3/c1-15(14(17)20)6-7-18(10-15)8-11(19)9-21-13-5-3-2-4-12(13)16/h2-5,11,19H,6-10,16H2,1H3,(H2,17,20). The lowest BCUT2D eigenvalue weighted by molar-refractivity contribution is -0.126. The lowest BCUT2D eigenvalue weighted by atomic mass is 9.89. The zero-order chi connectivity index (χ0) is 15.5. The second-order valence-corrected chi connectivity index (χ2v) is 5.91. The number of carbonyl (C=O) groups excluding carboxylic acids is 1. The maximum absolute atomic E-state index is 11.4. The highest BCUT2D eigenvalue weighted by Crippen LogP contribution is 2.29. The van der Waals surface area contributed by atoms with Crippen molar-refractivity contribution < 1.29 is 14.6 Å². The molecule has 1 fully saturated rings. The Hall–Kier alpha value is -1.79. The van der Waals surface area contributed by atoms with Crippen LogP contribution in [0.3, 0.4) is 0 Å². The minimum Gasteiger partial charge on any atom is -0.489 e. The van der Waals surface area contributed by atoms with Crippen molar-refractivity contribution in [3.05, 3.63) is 24.3 Å². The average molecular weight is 293 g/mol. The van der Waals surface area contributed by atoms with Gasteiger partial charge in [0.15, 0.2) is 0 Å². The molecule has 1 aromatic carbocycles. The van der Waals surface area contributed by atoms with Gasteiger partial charge in [-0.05, 0) is 32.0 Å². The van der Waals surface area contributed by atoms with Crippen molar-refractivity contribution >= 4 is 11.6 Å². The normalized spacial score (nSPS) is 23.9. The van der Waals surface area contributed by atoms with Crippen LogP contribution in [-0.2, 0) is 4.79 Å². The molecule has 2 rings (SSSR count). The fourth-order valence-electron chi connectivity index (χ4n) is 2.56. The first-order chi connectivity index (χ1) is 9.90. The molecule has 1 aliphatic rings. The highest BCUT2D eigenvalue weighted by Gasteiger charge is 2.39. The summed E-state index contributed by atoms with van der Waals surface area (Å²) >= 11 is 0. The Morgan fingerprint density at radius 3 is 2.86 bits per heavy atom. The van der Waals surface area contributed by atoms with Gasteiger partial charge in [-0.15, -0.1) is 0 Å². The summed E-state index contributed by atoms with van der Waals surface area (Å²) < 4.78 is 5.51. The van der Waals surface area contributed by atoms with Gasteiger partial charge in [-0.1, -0.05) is 12.1 Å². The minimum atomic E-state index is -0.639. The van der Waals surface area contributed by atoms with Gasteiger partial charge in [0.1, 0.15) is 18.5 Å². The highest BCUT2D eigenvalue weighted by molar-refractivity contribution is 5.81. The van der Waals surface area contributed by atoms with E-state index in [0.29, 0.717) is 24.5 Å². The summed E-state index contributed by atoms with van der Waals surface area (Å²) in [5.74, 6) is 0.285. The zero-order valence-corrected chi connectivity index (χ0v) is 12.3. The number of nitrogens with zero attached hydrogens (tertiary/aromatic N) is 1. The number of nitrogen functional groups attached to an aromatic ring is 1. The van der Waals surface area contributed by atoms with Crippen molar-refractivity contribution in [1.29, 1.82) is 0 Å². The van der Waals surface area contributed by atoms with Crippen molar-refractivity contribution in [2.45, 2.75) is 19.4 Å². The molecule has 5 N–H and O–H groups in total. The van der Waals surface area contributed by atoms with Gasteiger partial charge in [0.25, 0.3) is 0 Å². The number of ether oxygens (including phenoxy) is 1. The molecule has 0 aliphatic carbocycles. The first-order valence-corrected chi connectivity index (χ1v) is 7.08. The van der Waals surface area contributed by atoms with Gasteiger partial charge in [0, 0.05) is 13.1 Å². The number of primary amides is 1. The van der Waals surface area contributed by atoms with Crippen LogP contribution in [0.1, 0.15) is 13.3 Å². The van der Waals surface area contributed by atoms with Crippen LogP contribution in [0.15, 0.2) is 24.3 Å². The molecule has 1 saturated heterocycles. The van der Waals surface area contributed by atoms with Crippen LogP contribution in [0.25, 0.3) is 0 Å². The van der Waals surface area contributed by atoms with Gasteiger partial charge in [-0.2, -0.15) is 0 Å². The number of likely N-dealkylation sites (tertiary alicyclic amines) is 1. The molecule has 1 amide bonds. The van der Waals surface area contributed by atoms with Crippen LogP contribution in [0.4, 0.5) is 5.69 Å². The largest absolute Gasteiger partial charge is 0.489 e. The Labute approximate surface area is 124 Å². The van der Waals surface area contributed by atoms with E-state index in [1.54, 1.807) is 12.1 Å². The second kappa shape index (κ2) is 6.32. The summed E-state index contributed by atoms with van der Waals surface area (Å²) in [7, 11) is 0. The molecule has 6 heteroatoms. The predicted octanol–water partition coefficient (Wildman–Crippen LogP) is 0.206. The van der Waals surface area contributed by atoms with E-state index in [1.165, 1.54) is 0 Å². The molecule has 1 aliphatic heterocycles. The molecule has 0 spiro atoms. The lowest BCUT2D eigenvalue weighted by Gasteiger charge is -2.23. The van der Waals surface area contributed by atoms with Gasteiger partial charge in [0.05, 0.1) is 11.1 Å². The highest BCUT2D eigenvalue weighted by atomic mass is 16.5. The topological polar surface area (TPSA) is 102 Å². The third-order valence-electron chi connectivity index (χ3n) is 3.97.